The Labute approximate surface area is 190 Å². The third-order valence-corrected chi connectivity index (χ3v) is 6.67. The van der Waals surface area contributed by atoms with Gasteiger partial charge in [0.2, 0.25) is 10.0 Å². The molecule has 2 N–H and O–H groups in total. The molecule has 3 rings (SSSR count). The van der Waals surface area contributed by atoms with Gasteiger partial charge in [0.05, 0.1) is 17.0 Å². The van der Waals surface area contributed by atoms with Gasteiger partial charge in [-0.25, -0.2) is 18.1 Å². The van der Waals surface area contributed by atoms with Crippen molar-refractivity contribution in [3.05, 3.63) is 65.5 Å². The van der Waals surface area contributed by atoms with Crippen molar-refractivity contribution >= 4 is 38.4 Å². The van der Waals surface area contributed by atoms with Crippen LogP contribution in [-0.4, -0.2) is 37.9 Å². The van der Waals surface area contributed by atoms with Gasteiger partial charge in [0.25, 0.3) is 5.91 Å². The Morgan fingerprint density at radius 2 is 1.78 bits per heavy atom. The number of benzene rings is 2. The van der Waals surface area contributed by atoms with Crippen molar-refractivity contribution in [2.45, 2.75) is 31.3 Å². The van der Waals surface area contributed by atoms with Crippen LogP contribution in [0.1, 0.15) is 18.9 Å². The average Bonchev–Trinajstić information content (AvgIpc) is 3.23. The molecule has 0 aliphatic heterocycles. The number of carbonyl (C=O) groups is 2. The van der Waals surface area contributed by atoms with Gasteiger partial charge < -0.3 is 4.74 Å². The van der Waals surface area contributed by atoms with Gasteiger partial charge in [0, 0.05) is 17.5 Å². The number of sulfonamides is 1. The molecular formula is C22H23N3O5S2. The molecule has 1 amide bonds. The van der Waals surface area contributed by atoms with Gasteiger partial charge in [-0.15, -0.1) is 11.3 Å². The summed E-state index contributed by atoms with van der Waals surface area (Å²) in [4.78, 5) is 28.8. The molecule has 0 bridgehead atoms. The van der Waals surface area contributed by atoms with E-state index in [9.17, 15) is 18.0 Å². The van der Waals surface area contributed by atoms with E-state index in [-0.39, 0.29) is 17.9 Å². The van der Waals surface area contributed by atoms with E-state index < -0.39 is 28.0 Å². The monoisotopic (exact) mass is 473 g/mol. The summed E-state index contributed by atoms with van der Waals surface area (Å²) in [5.41, 5.74) is 2.60. The minimum absolute atomic E-state index is 0.113. The fraction of sp³-hybridized carbons (Fsp3) is 0.227. The highest BCUT2D eigenvalue weighted by Crippen LogP contribution is 2.24. The lowest BCUT2D eigenvalue weighted by molar-refractivity contribution is -0.152. The highest BCUT2D eigenvalue weighted by Gasteiger charge is 2.20. The second kappa shape index (κ2) is 10.5. The molecule has 0 aliphatic carbocycles. The van der Waals surface area contributed by atoms with Crippen LogP contribution in [0.4, 0.5) is 5.13 Å². The number of anilines is 1. The summed E-state index contributed by atoms with van der Waals surface area (Å²) in [6, 6.07) is 15.9. The van der Waals surface area contributed by atoms with E-state index in [0.29, 0.717) is 5.13 Å². The van der Waals surface area contributed by atoms with Crippen LogP contribution < -0.4 is 10.0 Å². The molecule has 0 saturated carbocycles. The van der Waals surface area contributed by atoms with E-state index >= 15 is 0 Å². The zero-order valence-corrected chi connectivity index (χ0v) is 19.2. The van der Waals surface area contributed by atoms with Gasteiger partial charge in [-0.05, 0) is 26.0 Å². The van der Waals surface area contributed by atoms with E-state index in [1.54, 1.807) is 12.1 Å². The Balaban J connectivity index is 1.45. The van der Waals surface area contributed by atoms with Crippen LogP contribution in [0.25, 0.3) is 11.3 Å². The first kappa shape index (κ1) is 23.6. The van der Waals surface area contributed by atoms with Crippen molar-refractivity contribution < 1.29 is 22.7 Å². The van der Waals surface area contributed by atoms with Gasteiger partial charge in [0.15, 0.2) is 11.2 Å². The Morgan fingerprint density at radius 1 is 1.09 bits per heavy atom. The number of hydrogen-bond donors (Lipinski definition) is 2. The van der Waals surface area contributed by atoms with Crippen molar-refractivity contribution in [1.82, 2.24) is 9.71 Å². The Hall–Kier alpha value is -3.08. The largest absolute Gasteiger partial charge is 0.452 e. The molecular weight excluding hydrogens is 450 g/mol. The van der Waals surface area contributed by atoms with Crippen LogP contribution in [0.3, 0.4) is 0 Å². The predicted octanol–water partition coefficient (Wildman–Crippen LogP) is 3.36. The number of aromatic nitrogens is 1. The minimum Gasteiger partial charge on any atom is -0.452 e. The quantitative estimate of drug-likeness (QED) is 0.461. The van der Waals surface area contributed by atoms with E-state index in [0.717, 1.165) is 16.8 Å². The SMILES string of the molecule is Cc1ccc(S(=O)(=O)NCCC(=O)OC(C)C(=O)Nc2nc(-c3ccccc3)cs2)cc1. The Kier molecular flexibility index (Phi) is 7.73. The zero-order chi connectivity index (χ0) is 23.1. The lowest BCUT2D eigenvalue weighted by Crippen LogP contribution is -2.32. The van der Waals surface area contributed by atoms with Crippen LogP contribution in [0.15, 0.2) is 64.9 Å². The van der Waals surface area contributed by atoms with Gasteiger partial charge in [-0.2, -0.15) is 0 Å². The average molecular weight is 474 g/mol. The van der Waals surface area contributed by atoms with Crippen molar-refractivity contribution in [2.75, 3.05) is 11.9 Å². The standard InChI is InChI=1S/C22H23N3O5S2/c1-15-8-10-18(11-9-15)32(28,29)23-13-12-20(26)30-16(2)21(27)25-22-24-19(14-31-22)17-6-4-3-5-7-17/h3-11,14,16,23H,12-13H2,1-2H3,(H,24,25,27). The highest BCUT2D eigenvalue weighted by atomic mass is 32.2. The fourth-order valence-corrected chi connectivity index (χ4v) is 4.43. The summed E-state index contributed by atoms with van der Waals surface area (Å²) in [5.74, 6) is -1.21. The van der Waals surface area contributed by atoms with Crippen molar-refractivity contribution in [2.24, 2.45) is 0 Å². The van der Waals surface area contributed by atoms with Crippen LogP contribution in [0.2, 0.25) is 0 Å². The first-order chi connectivity index (χ1) is 15.2. The molecule has 1 unspecified atom stereocenters. The second-order valence-corrected chi connectivity index (χ2v) is 9.61. The van der Waals surface area contributed by atoms with Crippen molar-refractivity contribution in [3.8, 4) is 11.3 Å². The molecule has 8 nitrogen and oxygen atoms in total. The van der Waals surface area contributed by atoms with Crippen molar-refractivity contribution in [1.29, 1.82) is 0 Å². The zero-order valence-electron chi connectivity index (χ0n) is 17.6. The number of ether oxygens (including phenoxy) is 1. The number of carbonyl (C=O) groups excluding carboxylic acids is 2. The summed E-state index contributed by atoms with van der Waals surface area (Å²) in [6.07, 6.45) is -1.27. The van der Waals surface area contributed by atoms with Gasteiger partial charge in [-0.3, -0.25) is 14.9 Å². The van der Waals surface area contributed by atoms with E-state index in [4.69, 9.17) is 4.74 Å². The lowest BCUT2D eigenvalue weighted by Gasteiger charge is -2.12. The third kappa shape index (κ3) is 6.46. The Bertz CT molecular complexity index is 1180. The van der Waals surface area contributed by atoms with Gasteiger partial charge >= 0.3 is 5.97 Å². The molecule has 1 atom stereocenters. The topological polar surface area (TPSA) is 114 Å². The van der Waals surface area contributed by atoms with E-state index in [1.165, 1.54) is 30.4 Å². The number of aryl methyl sites for hydroxylation is 1. The van der Waals surface area contributed by atoms with Crippen LogP contribution >= 0.6 is 11.3 Å². The minimum atomic E-state index is -3.72. The number of nitrogens with zero attached hydrogens (tertiary/aromatic N) is 1. The van der Waals surface area contributed by atoms with E-state index in [2.05, 4.69) is 15.0 Å². The molecule has 32 heavy (non-hydrogen) atoms. The molecule has 0 radical (unpaired) electrons. The summed E-state index contributed by atoms with van der Waals surface area (Å²) in [5, 5.41) is 4.84. The lowest BCUT2D eigenvalue weighted by atomic mass is 10.2. The Morgan fingerprint density at radius 3 is 2.47 bits per heavy atom. The predicted molar refractivity (Wildman–Crippen MR) is 123 cm³/mol. The number of thiazole rings is 1. The first-order valence-corrected chi connectivity index (χ1v) is 12.2. The molecule has 10 heteroatoms. The molecule has 1 heterocycles. The maximum absolute atomic E-state index is 12.3. The second-order valence-electron chi connectivity index (χ2n) is 6.99. The first-order valence-electron chi connectivity index (χ1n) is 9.82. The summed E-state index contributed by atoms with van der Waals surface area (Å²) in [7, 11) is -3.72. The molecule has 0 spiro atoms. The smallest absolute Gasteiger partial charge is 0.307 e. The third-order valence-electron chi connectivity index (χ3n) is 4.43. The summed E-state index contributed by atoms with van der Waals surface area (Å²) >= 11 is 1.26. The molecule has 0 fully saturated rings. The number of amides is 1. The van der Waals surface area contributed by atoms with Gasteiger partial charge in [0.1, 0.15) is 0 Å². The van der Waals surface area contributed by atoms with Crippen LogP contribution in [0, 0.1) is 6.92 Å². The van der Waals surface area contributed by atoms with Crippen LogP contribution in [0.5, 0.6) is 0 Å². The maximum Gasteiger partial charge on any atom is 0.307 e. The summed E-state index contributed by atoms with van der Waals surface area (Å²) in [6.45, 7) is 3.15. The molecule has 2 aromatic carbocycles. The number of hydrogen-bond acceptors (Lipinski definition) is 7. The fourth-order valence-electron chi connectivity index (χ4n) is 2.68. The molecule has 168 valence electrons. The molecule has 3 aromatic rings. The maximum atomic E-state index is 12.3. The van der Waals surface area contributed by atoms with Gasteiger partial charge in [-0.1, -0.05) is 48.0 Å². The highest BCUT2D eigenvalue weighted by molar-refractivity contribution is 7.89. The number of rotatable bonds is 9. The number of nitrogens with one attached hydrogen (secondary N) is 2. The van der Waals surface area contributed by atoms with Crippen LogP contribution in [-0.2, 0) is 24.3 Å². The van der Waals surface area contributed by atoms with E-state index in [1.807, 2.05) is 42.6 Å². The summed E-state index contributed by atoms with van der Waals surface area (Å²) < 4.78 is 31.9. The molecule has 0 saturated heterocycles. The van der Waals surface area contributed by atoms with Crippen molar-refractivity contribution in [3.63, 3.8) is 0 Å². The number of esters is 1. The molecule has 1 aromatic heterocycles. The normalized spacial score (nSPS) is 12.2. The molecule has 0 aliphatic rings.